The first-order valence-corrected chi connectivity index (χ1v) is 7.61. The fourth-order valence-corrected chi connectivity index (χ4v) is 3.01. The van der Waals surface area contributed by atoms with Crippen molar-refractivity contribution < 1.29 is 4.79 Å². The second kappa shape index (κ2) is 5.39. The molecule has 2 aromatic heterocycles. The van der Waals surface area contributed by atoms with Gasteiger partial charge in [0.25, 0.3) is 0 Å². The Morgan fingerprint density at radius 3 is 2.70 bits per heavy atom. The van der Waals surface area contributed by atoms with Crippen molar-refractivity contribution in [3.05, 3.63) is 70.3 Å². The molecule has 0 unspecified atom stereocenters. The zero-order valence-electron chi connectivity index (χ0n) is 12.6. The topological polar surface area (TPSA) is 59.6 Å². The van der Waals surface area contributed by atoms with Crippen LogP contribution in [0.3, 0.4) is 0 Å². The first-order chi connectivity index (χ1) is 11.2. The molecule has 0 bridgehead atoms. The molecule has 1 aromatic carbocycles. The minimum Gasteiger partial charge on any atom is -0.336 e. The third kappa shape index (κ3) is 2.42. The van der Waals surface area contributed by atoms with E-state index >= 15 is 0 Å². The quantitative estimate of drug-likeness (QED) is 0.712. The largest absolute Gasteiger partial charge is 0.350 e. The van der Waals surface area contributed by atoms with E-state index in [4.69, 9.17) is 0 Å². The summed E-state index contributed by atoms with van der Waals surface area (Å²) in [6, 6.07) is 13.5. The van der Waals surface area contributed by atoms with Gasteiger partial charge in [-0.1, -0.05) is 30.3 Å². The molecule has 0 N–H and O–H groups in total. The van der Waals surface area contributed by atoms with Crippen molar-refractivity contribution in [2.45, 2.75) is 19.5 Å². The molecule has 1 aliphatic heterocycles. The molecule has 116 valence electrons. The minimum absolute atomic E-state index is 0.0251. The van der Waals surface area contributed by atoms with Crippen molar-refractivity contribution in [1.29, 1.82) is 0 Å². The highest BCUT2D eigenvalue weighted by atomic mass is 16.2. The second-order valence-electron chi connectivity index (χ2n) is 5.70. The van der Waals surface area contributed by atoms with Crippen LogP contribution in [0.4, 0.5) is 0 Å². The number of carbonyl (C=O) groups is 1. The maximum atomic E-state index is 12.5. The summed E-state index contributed by atoms with van der Waals surface area (Å²) in [7, 11) is 0. The Labute approximate surface area is 132 Å². The van der Waals surface area contributed by atoms with Crippen molar-refractivity contribution in [3.8, 4) is 0 Å². The van der Waals surface area contributed by atoms with Gasteiger partial charge in [0.2, 0.25) is 5.91 Å². The monoisotopic (exact) mass is 308 g/mol. The van der Waals surface area contributed by atoms with Crippen LogP contribution in [0.1, 0.15) is 11.1 Å². The number of hydrogen-bond acceptors (Lipinski definition) is 3. The highest BCUT2D eigenvalue weighted by molar-refractivity contribution is 5.76. The van der Waals surface area contributed by atoms with E-state index < -0.39 is 0 Å². The Hall–Kier alpha value is -2.89. The van der Waals surface area contributed by atoms with Gasteiger partial charge in [0.05, 0.1) is 0 Å². The summed E-state index contributed by atoms with van der Waals surface area (Å²) in [6.45, 7) is 1.25. The molecule has 4 rings (SSSR count). The van der Waals surface area contributed by atoms with Crippen molar-refractivity contribution in [2.75, 3.05) is 6.54 Å². The van der Waals surface area contributed by atoms with Gasteiger partial charge in [0.1, 0.15) is 6.54 Å². The van der Waals surface area contributed by atoms with Crippen LogP contribution < -0.4 is 5.69 Å². The van der Waals surface area contributed by atoms with Crippen LogP contribution in [0.15, 0.2) is 53.5 Å². The smallest absolute Gasteiger partial charge is 0.336 e. The summed E-state index contributed by atoms with van der Waals surface area (Å²) < 4.78 is 2.68. The van der Waals surface area contributed by atoms with Crippen LogP contribution in [-0.4, -0.2) is 31.5 Å². The van der Waals surface area contributed by atoms with Crippen LogP contribution in [0.25, 0.3) is 5.65 Å². The lowest BCUT2D eigenvalue weighted by atomic mass is 10.00. The molecule has 6 heteroatoms. The average Bonchev–Trinajstić information content (AvgIpc) is 2.91. The maximum absolute atomic E-state index is 12.5. The Balaban J connectivity index is 1.56. The van der Waals surface area contributed by atoms with E-state index in [1.54, 1.807) is 23.2 Å². The number of benzene rings is 1. The third-order valence-electron chi connectivity index (χ3n) is 4.26. The Morgan fingerprint density at radius 1 is 1.09 bits per heavy atom. The van der Waals surface area contributed by atoms with Crippen LogP contribution in [0.5, 0.6) is 0 Å². The zero-order chi connectivity index (χ0) is 15.8. The molecule has 3 heterocycles. The number of aromatic nitrogens is 3. The van der Waals surface area contributed by atoms with Crippen LogP contribution in [0.2, 0.25) is 0 Å². The van der Waals surface area contributed by atoms with Gasteiger partial charge in [0, 0.05) is 19.3 Å². The predicted octanol–water partition coefficient (Wildman–Crippen LogP) is 1.08. The Bertz CT molecular complexity index is 941. The van der Waals surface area contributed by atoms with Gasteiger partial charge in [-0.15, -0.1) is 5.10 Å². The molecule has 0 fully saturated rings. The number of fused-ring (bicyclic) bond motifs is 2. The van der Waals surface area contributed by atoms with Gasteiger partial charge in [-0.3, -0.25) is 9.20 Å². The summed E-state index contributed by atoms with van der Waals surface area (Å²) in [4.78, 5) is 26.6. The highest BCUT2D eigenvalue weighted by Gasteiger charge is 2.21. The van der Waals surface area contributed by atoms with Crippen molar-refractivity contribution in [3.63, 3.8) is 0 Å². The standard InChI is InChI=1S/C17H16N4O2/c22-16(19-10-8-13-5-1-2-6-14(13)11-19)12-21-17(23)20-9-4-3-7-15(20)18-21/h1-7,9H,8,10-12H2. The van der Waals surface area contributed by atoms with Gasteiger partial charge in [0.15, 0.2) is 5.65 Å². The zero-order valence-corrected chi connectivity index (χ0v) is 12.6. The molecule has 0 atom stereocenters. The molecule has 0 spiro atoms. The van der Waals surface area contributed by atoms with Crippen molar-refractivity contribution in [2.24, 2.45) is 0 Å². The van der Waals surface area contributed by atoms with Crippen molar-refractivity contribution in [1.82, 2.24) is 19.1 Å². The fourth-order valence-electron chi connectivity index (χ4n) is 3.01. The lowest BCUT2D eigenvalue weighted by molar-refractivity contribution is -0.133. The highest BCUT2D eigenvalue weighted by Crippen LogP contribution is 2.18. The lowest BCUT2D eigenvalue weighted by Crippen LogP contribution is -2.39. The van der Waals surface area contributed by atoms with E-state index in [9.17, 15) is 9.59 Å². The lowest BCUT2D eigenvalue weighted by Gasteiger charge is -2.28. The summed E-state index contributed by atoms with van der Waals surface area (Å²) in [5.41, 5.74) is 2.73. The Kier molecular flexibility index (Phi) is 3.22. The van der Waals surface area contributed by atoms with E-state index in [2.05, 4.69) is 11.2 Å². The molecular weight excluding hydrogens is 292 g/mol. The van der Waals surface area contributed by atoms with Crippen LogP contribution >= 0.6 is 0 Å². The van der Waals surface area contributed by atoms with E-state index in [0.29, 0.717) is 18.7 Å². The third-order valence-corrected chi connectivity index (χ3v) is 4.26. The van der Waals surface area contributed by atoms with E-state index in [1.807, 2.05) is 24.3 Å². The number of rotatable bonds is 2. The van der Waals surface area contributed by atoms with Gasteiger partial charge in [-0.25, -0.2) is 9.48 Å². The summed E-state index contributed by atoms with van der Waals surface area (Å²) >= 11 is 0. The number of hydrogen-bond donors (Lipinski definition) is 0. The van der Waals surface area contributed by atoms with Crippen LogP contribution in [0, 0.1) is 0 Å². The molecule has 1 amide bonds. The molecule has 1 aliphatic rings. The van der Waals surface area contributed by atoms with E-state index in [-0.39, 0.29) is 18.1 Å². The fraction of sp³-hybridized carbons (Fsp3) is 0.235. The van der Waals surface area contributed by atoms with E-state index in [1.165, 1.54) is 20.2 Å². The maximum Gasteiger partial charge on any atom is 0.350 e. The predicted molar refractivity (Wildman–Crippen MR) is 85.0 cm³/mol. The molecule has 3 aromatic rings. The number of carbonyl (C=O) groups excluding carboxylic acids is 1. The Morgan fingerprint density at radius 2 is 1.87 bits per heavy atom. The van der Waals surface area contributed by atoms with Crippen LogP contribution in [-0.2, 0) is 24.3 Å². The van der Waals surface area contributed by atoms with Gasteiger partial charge >= 0.3 is 5.69 Å². The molecule has 0 saturated heterocycles. The molecule has 0 radical (unpaired) electrons. The summed E-state index contributed by atoms with van der Waals surface area (Å²) in [5.74, 6) is -0.0787. The van der Waals surface area contributed by atoms with Gasteiger partial charge in [-0.2, -0.15) is 0 Å². The summed E-state index contributed by atoms with van der Waals surface area (Å²) in [5, 5.41) is 4.21. The van der Waals surface area contributed by atoms with Crippen molar-refractivity contribution >= 4 is 11.6 Å². The number of amides is 1. The molecule has 0 aliphatic carbocycles. The SMILES string of the molecule is O=C(Cn1nc2ccccn2c1=O)N1CCc2ccccc2C1. The molecule has 23 heavy (non-hydrogen) atoms. The van der Waals surface area contributed by atoms with Gasteiger partial charge in [-0.05, 0) is 29.7 Å². The average molecular weight is 308 g/mol. The number of pyridine rings is 1. The second-order valence-corrected chi connectivity index (χ2v) is 5.70. The molecule has 6 nitrogen and oxygen atoms in total. The number of nitrogens with zero attached hydrogens (tertiary/aromatic N) is 4. The normalized spacial score (nSPS) is 14.0. The summed E-state index contributed by atoms with van der Waals surface area (Å²) in [6.07, 6.45) is 2.50. The first-order valence-electron chi connectivity index (χ1n) is 7.61. The molecule has 0 saturated carbocycles. The first kappa shape index (κ1) is 13.8. The van der Waals surface area contributed by atoms with Gasteiger partial charge < -0.3 is 4.90 Å². The molecular formula is C17H16N4O2. The minimum atomic E-state index is -0.286. The van der Waals surface area contributed by atoms with E-state index in [0.717, 1.165) is 6.42 Å².